The number of carbonyl (C=O) groups excluding carboxylic acids is 1. The van der Waals surface area contributed by atoms with Gasteiger partial charge in [-0.05, 0) is 42.0 Å². The summed E-state index contributed by atoms with van der Waals surface area (Å²) in [7, 11) is 0. The zero-order chi connectivity index (χ0) is 20.9. The number of carbonyl (C=O) groups is 1. The van der Waals surface area contributed by atoms with E-state index in [2.05, 4.69) is 20.2 Å². The highest BCUT2D eigenvalue weighted by molar-refractivity contribution is 6.30. The normalized spacial score (nSPS) is 14.7. The second-order valence-electron chi connectivity index (χ2n) is 7.29. The van der Waals surface area contributed by atoms with Gasteiger partial charge in [0.15, 0.2) is 0 Å². The third kappa shape index (κ3) is 5.17. The highest BCUT2D eigenvalue weighted by Gasteiger charge is 2.20. The molecule has 8 heteroatoms. The van der Waals surface area contributed by atoms with Gasteiger partial charge in [-0.3, -0.25) is 9.69 Å². The predicted octanol–water partition coefficient (Wildman–Crippen LogP) is 3.48. The molecule has 0 aliphatic carbocycles. The van der Waals surface area contributed by atoms with E-state index in [0.717, 1.165) is 37.4 Å². The van der Waals surface area contributed by atoms with Crippen LogP contribution in [-0.4, -0.2) is 53.3 Å². The smallest absolute Gasteiger partial charge is 0.239 e. The van der Waals surface area contributed by atoms with Crippen LogP contribution in [-0.2, 0) is 11.3 Å². The lowest BCUT2D eigenvalue weighted by Crippen LogP contribution is -2.48. The van der Waals surface area contributed by atoms with Gasteiger partial charge in [-0.25, -0.2) is 9.07 Å². The van der Waals surface area contributed by atoms with Crippen LogP contribution >= 0.6 is 11.6 Å². The summed E-state index contributed by atoms with van der Waals surface area (Å²) in [6, 6.07) is 15.9. The van der Waals surface area contributed by atoms with Crippen molar-refractivity contribution in [3.63, 3.8) is 0 Å². The SMILES string of the molecule is O=C(CN1CCN(c2ccc(F)cc2)CC1)Nc1ccnn1Cc1cccc(Cl)c1. The summed E-state index contributed by atoms with van der Waals surface area (Å²) in [6.45, 7) is 3.98. The highest BCUT2D eigenvalue weighted by atomic mass is 35.5. The zero-order valence-electron chi connectivity index (χ0n) is 16.5. The lowest BCUT2D eigenvalue weighted by molar-refractivity contribution is -0.117. The Morgan fingerprint density at radius 1 is 1.07 bits per heavy atom. The van der Waals surface area contributed by atoms with Gasteiger partial charge in [0, 0.05) is 43.0 Å². The fourth-order valence-electron chi connectivity index (χ4n) is 3.57. The van der Waals surface area contributed by atoms with Crippen molar-refractivity contribution < 1.29 is 9.18 Å². The van der Waals surface area contributed by atoms with Crippen molar-refractivity contribution in [2.45, 2.75) is 6.54 Å². The summed E-state index contributed by atoms with van der Waals surface area (Å²) in [5.41, 5.74) is 2.02. The number of benzene rings is 2. The van der Waals surface area contributed by atoms with E-state index < -0.39 is 0 Å². The van der Waals surface area contributed by atoms with Gasteiger partial charge in [-0.15, -0.1) is 0 Å². The molecule has 1 amide bonds. The first kappa shape index (κ1) is 20.4. The molecule has 1 fully saturated rings. The summed E-state index contributed by atoms with van der Waals surface area (Å²) in [6.07, 6.45) is 1.67. The second kappa shape index (κ2) is 9.28. The van der Waals surface area contributed by atoms with Crippen molar-refractivity contribution in [2.75, 3.05) is 42.9 Å². The van der Waals surface area contributed by atoms with Gasteiger partial charge in [0.2, 0.25) is 5.91 Å². The Balaban J connectivity index is 1.29. The van der Waals surface area contributed by atoms with Crippen molar-refractivity contribution in [1.82, 2.24) is 14.7 Å². The number of rotatable bonds is 6. The number of hydrogen-bond donors (Lipinski definition) is 1. The van der Waals surface area contributed by atoms with Crippen LogP contribution in [0, 0.1) is 5.82 Å². The number of amides is 1. The lowest BCUT2D eigenvalue weighted by atomic mass is 10.2. The van der Waals surface area contributed by atoms with Crippen molar-refractivity contribution in [2.24, 2.45) is 0 Å². The van der Waals surface area contributed by atoms with E-state index in [4.69, 9.17) is 11.6 Å². The van der Waals surface area contributed by atoms with E-state index in [9.17, 15) is 9.18 Å². The molecule has 1 saturated heterocycles. The van der Waals surface area contributed by atoms with E-state index in [-0.39, 0.29) is 11.7 Å². The third-order valence-corrected chi connectivity index (χ3v) is 5.37. The average Bonchev–Trinajstić information content (AvgIpc) is 3.15. The molecule has 0 radical (unpaired) electrons. The molecule has 6 nitrogen and oxygen atoms in total. The number of nitrogens with zero attached hydrogens (tertiary/aromatic N) is 4. The number of aromatic nitrogens is 2. The molecule has 3 aromatic rings. The van der Waals surface area contributed by atoms with Gasteiger partial charge >= 0.3 is 0 Å². The van der Waals surface area contributed by atoms with Crippen LogP contribution < -0.4 is 10.2 Å². The predicted molar refractivity (Wildman–Crippen MR) is 116 cm³/mol. The van der Waals surface area contributed by atoms with Crippen LogP contribution in [0.4, 0.5) is 15.9 Å². The van der Waals surface area contributed by atoms with Crippen LogP contribution in [0.1, 0.15) is 5.56 Å². The Morgan fingerprint density at radius 2 is 1.83 bits per heavy atom. The van der Waals surface area contributed by atoms with Gasteiger partial charge in [0.05, 0.1) is 19.3 Å². The zero-order valence-corrected chi connectivity index (χ0v) is 17.2. The monoisotopic (exact) mass is 427 g/mol. The maximum absolute atomic E-state index is 13.1. The maximum Gasteiger partial charge on any atom is 0.239 e. The first-order chi connectivity index (χ1) is 14.6. The van der Waals surface area contributed by atoms with E-state index in [1.807, 2.05) is 24.3 Å². The molecule has 1 aromatic heterocycles. The van der Waals surface area contributed by atoms with Gasteiger partial charge in [0.25, 0.3) is 0 Å². The standard InChI is InChI=1S/C22H23ClFN5O/c23-18-3-1-2-17(14-18)15-29-21(8-9-25-29)26-22(30)16-27-10-12-28(13-11-27)20-6-4-19(24)5-7-20/h1-9,14H,10-13,15-16H2,(H,26,30). The highest BCUT2D eigenvalue weighted by Crippen LogP contribution is 2.17. The summed E-state index contributed by atoms with van der Waals surface area (Å²) in [4.78, 5) is 16.9. The summed E-state index contributed by atoms with van der Waals surface area (Å²) < 4.78 is 14.8. The van der Waals surface area contributed by atoms with Crippen LogP contribution in [0.3, 0.4) is 0 Å². The fourth-order valence-corrected chi connectivity index (χ4v) is 3.79. The topological polar surface area (TPSA) is 53.4 Å². The Morgan fingerprint density at radius 3 is 2.57 bits per heavy atom. The Bertz CT molecular complexity index is 999. The molecule has 0 unspecified atom stereocenters. The summed E-state index contributed by atoms with van der Waals surface area (Å²) in [5.74, 6) is 0.353. The van der Waals surface area contributed by atoms with Crippen LogP contribution in [0.5, 0.6) is 0 Å². The van der Waals surface area contributed by atoms with Crippen LogP contribution in [0.25, 0.3) is 0 Å². The first-order valence-electron chi connectivity index (χ1n) is 9.86. The number of hydrogen-bond acceptors (Lipinski definition) is 4. The van der Waals surface area contributed by atoms with Crippen molar-refractivity contribution >= 4 is 29.0 Å². The number of halogens is 2. The molecule has 2 heterocycles. The average molecular weight is 428 g/mol. The molecule has 2 aromatic carbocycles. The van der Waals surface area contributed by atoms with E-state index in [1.165, 1.54) is 12.1 Å². The molecule has 1 N–H and O–H groups in total. The minimum absolute atomic E-state index is 0.0712. The molecule has 30 heavy (non-hydrogen) atoms. The molecule has 156 valence electrons. The van der Waals surface area contributed by atoms with Crippen LogP contribution in [0.15, 0.2) is 60.8 Å². The molecular weight excluding hydrogens is 405 g/mol. The fraction of sp³-hybridized carbons (Fsp3) is 0.273. The Kier molecular flexibility index (Phi) is 6.30. The molecule has 0 spiro atoms. The molecule has 0 saturated carbocycles. The Labute approximate surface area is 179 Å². The molecule has 0 bridgehead atoms. The van der Waals surface area contributed by atoms with Crippen molar-refractivity contribution in [1.29, 1.82) is 0 Å². The van der Waals surface area contributed by atoms with Gasteiger partial charge < -0.3 is 10.2 Å². The number of piperazine rings is 1. The molecule has 1 aliphatic heterocycles. The number of anilines is 2. The van der Waals surface area contributed by atoms with Gasteiger partial charge in [-0.2, -0.15) is 5.10 Å². The second-order valence-corrected chi connectivity index (χ2v) is 7.73. The van der Waals surface area contributed by atoms with Crippen molar-refractivity contribution in [3.05, 3.63) is 77.2 Å². The molecule has 1 aliphatic rings. The van der Waals surface area contributed by atoms with E-state index >= 15 is 0 Å². The van der Waals surface area contributed by atoms with Crippen molar-refractivity contribution in [3.8, 4) is 0 Å². The summed E-state index contributed by atoms with van der Waals surface area (Å²) in [5, 5.41) is 7.93. The molecule has 4 rings (SSSR count). The molecule has 0 atom stereocenters. The maximum atomic E-state index is 13.1. The lowest BCUT2D eigenvalue weighted by Gasteiger charge is -2.35. The largest absolute Gasteiger partial charge is 0.369 e. The minimum atomic E-state index is -0.233. The molecular formula is C22H23ClFN5O. The Hall–Kier alpha value is -2.90. The van der Waals surface area contributed by atoms with Crippen LogP contribution in [0.2, 0.25) is 5.02 Å². The first-order valence-corrected chi connectivity index (χ1v) is 10.2. The van der Waals surface area contributed by atoms with Gasteiger partial charge in [0.1, 0.15) is 11.6 Å². The van der Waals surface area contributed by atoms with Gasteiger partial charge in [-0.1, -0.05) is 23.7 Å². The summed E-state index contributed by atoms with van der Waals surface area (Å²) >= 11 is 6.05. The minimum Gasteiger partial charge on any atom is -0.369 e. The van der Waals surface area contributed by atoms with E-state index in [0.29, 0.717) is 23.9 Å². The number of nitrogens with one attached hydrogen (secondary N) is 1. The third-order valence-electron chi connectivity index (χ3n) is 5.14. The quantitative estimate of drug-likeness (QED) is 0.654. The van der Waals surface area contributed by atoms with E-state index in [1.54, 1.807) is 29.1 Å².